The van der Waals surface area contributed by atoms with E-state index in [0.717, 1.165) is 35.0 Å². The first-order chi connectivity index (χ1) is 12.5. The Kier molecular flexibility index (Phi) is 5.49. The maximum Gasteiger partial charge on any atom is 0.326 e. The Morgan fingerprint density at radius 1 is 1.31 bits per heavy atom. The van der Waals surface area contributed by atoms with E-state index in [9.17, 15) is 19.8 Å². The summed E-state index contributed by atoms with van der Waals surface area (Å²) in [5, 5.41) is 25.5. The number of carbonyl (C=O) groups is 2. The number of nitrogens with one attached hydrogen (secondary N) is 2. The average Bonchev–Trinajstić information content (AvgIpc) is 3.43. The fraction of sp³-hybridized carbons (Fsp3) is 0.421. The summed E-state index contributed by atoms with van der Waals surface area (Å²) in [5.41, 5.74) is 2.88. The summed E-state index contributed by atoms with van der Waals surface area (Å²) in [6.07, 6.45) is 2.25. The van der Waals surface area contributed by atoms with Crippen molar-refractivity contribution in [3.05, 3.63) is 41.1 Å². The second-order valence-electron chi connectivity index (χ2n) is 6.71. The standard InChI is InChI=1S/C19H23N3O4/c1-11-7-13(10-23)15-4-2-3-12(18(15)21-11)8-16(19(25)26)22-17(24)9-20-14-5-6-14/h2-4,7,14,16,20,23H,5-6,8-10H2,1H3,(H,22,24)(H,25,26)/t16-/m0/s1. The van der Waals surface area contributed by atoms with E-state index in [1.807, 2.05) is 25.1 Å². The minimum atomic E-state index is -1.09. The van der Waals surface area contributed by atoms with E-state index in [2.05, 4.69) is 15.6 Å². The third kappa shape index (κ3) is 4.36. The third-order valence-electron chi connectivity index (χ3n) is 4.49. The molecule has 1 aliphatic rings. The summed E-state index contributed by atoms with van der Waals surface area (Å²) in [6.45, 7) is 1.83. The Balaban J connectivity index is 1.81. The molecule has 0 unspecified atom stereocenters. The number of aliphatic hydroxyl groups excluding tert-OH is 1. The summed E-state index contributed by atoms with van der Waals surface area (Å²) in [6, 6.07) is 6.63. The van der Waals surface area contributed by atoms with Crippen LogP contribution in [0.25, 0.3) is 10.9 Å². The van der Waals surface area contributed by atoms with E-state index in [-0.39, 0.29) is 25.5 Å². The fourth-order valence-electron chi connectivity index (χ4n) is 3.01. The molecule has 2 aromatic rings. The Hall–Kier alpha value is -2.51. The zero-order valence-corrected chi connectivity index (χ0v) is 14.7. The van der Waals surface area contributed by atoms with Crippen molar-refractivity contribution in [1.82, 2.24) is 15.6 Å². The smallest absolute Gasteiger partial charge is 0.326 e. The Labute approximate surface area is 151 Å². The first-order valence-corrected chi connectivity index (χ1v) is 8.72. The molecule has 4 N–H and O–H groups in total. The highest BCUT2D eigenvalue weighted by atomic mass is 16.4. The molecule has 1 aromatic carbocycles. The molecule has 138 valence electrons. The molecular weight excluding hydrogens is 334 g/mol. The number of carboxylic acid groups (broad SMARTS) is 1. The minimum Gasteiger partial charge on any atom is -0.480 e. The van der Waals surface area contributed by atoms with Crippen LogP contribution in [0, 0.1) is 6.92 Å². The van der Waals surface area contributed by atoms with E-state index >= 15 is 0 Å². The number of hydrogen-bond donors (Lipinski definition) is 4. The van der Waals surface area contributed by atoms with Gasteiger partial charge in [0.15, 0.2) is 0 Å². The van der Waals surface area contributed by atoms with Crippen molar-refractivity contribution in [3.63, 3.8) is 0 Å². The number of hydrogen-bond acceptors (Lipinski definition) is 5. The molecular formula is C19H23N3O4. The molecule has 1 aliphatic carbocycles. The molecule has 3 rings (SSSR count). The van der Waals surface area contributed by atoms with Crippen molar-refractivity contribution in [2.45, 2.75) is 44.9 Å². The quantitative estimate of drug-likeness (QED) is 0.559. The zero-order valence-electron chi connectivity index (χ0n) is 14.7. The molecule has 0 spiro atoms. The van der Waals surface area contributed by atoms with Crippen LogP contribution in [0.5, 0.6) is 0 Å². The lowest BCUT2D eigenvalue weighted by Crippen LogP contribution is -2.46. The van der Waals surface area contributed by atoms with Crippen LogP contribution in [-0.4, -0.2) is 45.7 Å². The van der Waals surface area contributed by atoms with Gasteiger partial charge in [0.25, 0.3) is 0 Å². The molecule has 0 aliphatic heterocycles. The lowest BCUT2D eigenvalue weighted by atomic mass is 9.99. The molecule has 1 atom stereocenters. The minimum absolute atomic E-state index is 0.116. The molecule has 0 bridgehead atoms. The number of carbonyl (C=O) groups excluding carboxylic acids is 1. The third-order valence-corrected chi connectivity index (χ3v) is 4.49. The predicted molar refractivity (Wildman–Crippen MR) is 96.7 cm³/mol. The number of aryl methyl sites for hydroxylation is 1. The van der Waals surface area contributed by atoms with Gasteiger partial charge in [-0.2, -0.15) is 0 Å². The van der Waals surface area contributed by atoms with Crippen molar-refractivity contribution < 1.29 is 19.8 Å². The van der Waals surface area contributed by atoms with Crippen LogP contribution in [0.4, 0.5) is 0 Å². The van der Waals surface area contributed by atoms with Crippen LogP contribution in [0.15, 0.2) is 24.3 Å². The molecule has 7 heteroatoms. The van der Waals surface area contributed by atoms with Crippen molar-refractivity contribution >= 4 is 22.8 Å². The second kappa shape index (κ2) is 7.80. The number of rotatable bonds is 8. The Morgan fingerprint density at radius 2 is 2.08 bits per heavy atom. The fourth-order valence-corrected chi connectivity index (χ4v) is 3.01. The van der Waals surface area contributed by atoms with Gasteiger partial charge in [0.2, 0.25) is 5.91 Å². The van der Waals surface area contributed by atoms with Gasteiger partial charge in [-0.05, 0) is 37.0 Å². The number of carboxylic acids is 1. The Bertz CT molecular complexity index is 833. The van der Waals surface area contributed by atoms with Crippen molar-refractivity contribution in [3.8, 4) is 0 Å². The van der Waals surface area contributed by atoms with Crippen LogP contribution in [0.3, 0.4) is 0 Å². The van der Waals surface area contributed by atoms with Gasteiger partial charge in [0.1, 0.15) is 6.04 Å². The highest BCUT2D eigenvalue weighted by Crippen LogP contribution is 2.23. The van der Waals surface area contributed by atoms with Gasteiger partial charge in [-0.15, -0.1) is 0 Å². The lowest BCUT2D eigenvalue weighted by Gasteiger charge is -2.16. The van der Waals surface area contributed by atoms with E-state index in [0.29, 0.717) is 11.6 Å². The number of nitrogens with zero attached hydrogens (tertiary/aromatic N) is 1. The predicted octanol–water partition coefficient (Wildman–Crippen LogP) is 0.899. The van der Waals surface area contributed by atoms with Crippen molar-refractivity contribution in [1.29, 1.82) is 0 Å². The van der Waals surface area contributed by atoms with E-state index in [4.69, 9.17) is 0 Å². The maximum absolute atomic E-state index is 12.0. The van der Waals surface area contributed by atoms with E-state index in [1.165, 1.54) is 0 Å². The normalized spacial score (nSPS) is 15.0. The first-order valence-electron chi connectivity index (χ1n) is 8.72. The van der Waals surface area contributed by atoms with E-state index < -0.39 is 12.0 Å². The number of benzene rings is 1. The molecule has 26 heavy (non-hydrogen) atoms. The van der Waals surface area contributed by atoms with Gasteiger partial charge in [-0.3, -0.25) is 9.78 Å². The number of fused-ring (bicyclic) bond motifs is 1. The second-order valence-corrected chi connectivity index (χ2v) is 6.71. The van der Waals surface area contributed by atoms with Gasteiger partial charge in [0.05, 0.1) is 18.7 Å². The summed E-state index contributed by atoms with van der Waals surface area (Å²) in [4.78, 5) is 28.1. The highest BCUT2D eigenvalue weighted by Gasteiger charge is 2.24. The maximum atomic E-state index is 12.0. The molecule has 0 radical (unpaired) electrons. The van der Waals surface area contributed by atoms with E-state index in [1.54, 1.807) is 6.07 Å². The molecule has 0 saturated heterocycles. The Morgan fingerprint density at radius 3 is 2.73 bits per heavy atom. The summed E-state index contributed by atoms with van der Waals surface area (Å²) < 4.78 is 0. The molecule has 1 fully saturated rings. The number of para-hydroxylation sites is 1. The summed E-state index contributed by atoms with van der Waals surface area (Å²) in [7, 11) is 0. The molecule has 7 nitrogen and oxygen atoms in total. The number of pyridine rings is 1. The van der Waals surface area contributed by atoms with Crippen LogP contribution < -0.4 is 10.6 Å². The monoisotopic (exact) mass is 357 g/mol. The SMILES string of the molecule is Cc1cc(CO)c2cccc(C[C@H](NC(=O)CNC3CC3)C(=O)O)c2n1. The van der Waals surface area contributed by atoms with Crippen LogP contribution in [-0.2, 0) is 22.6 Å². The van der Waals surface area contributed by atoms with Crippen LogP contribution in [0.2, 0.25) is 0 Å². The molecule has 1 saturated carbocycles. The molecule has 1 amide bonds. The first kappa shape index (κ1) is 18.3. The molecule has 1 heterocycles. The number of aliphatic carboxylic acids is 1. The van der Waals surface area contributed by atoms with Gasteiger partial charge in [0, 0.05) is 23.5 Å². The lowest BCUT2D eigenvalue weighted by molar-refractivity contribution is -0.141. The van der Waals surface area contributed by atoms with Gasteiger partial charge < -0.3 is 20.8 Å². The van der Waals surface area contributed by atoms with Crippen LogP contribution >= 0.6 is 0 Å². The highest BCUT2D eigenvalue weighted by molar-refractivity contribution is 5.88. The van der Waals surface area contributed by atoms with Gasteiger partial charge >= 0.3 is 5.97 Å². The summed E-state index contributed by atoms with van der Waals surface area (Å²) >= 11 is 0. The van der Waals surface area contributed by atoms with Crippen LogP contribution in [0.1, 0.15) is 29.7 Å². The summed E-state index contributed by atoms with van der Waals surface area (Å²) in [5.74, 6) is -1.42. The number of aliphatic hydroxyl groups is 1. The topological polar surface area (TPSA) is 112 Å². The number of aromatic nitrogens is 1. The van der Waals surface area contributed by atoms with Crippen molar-refractivity contribution in [2.24, 2.45) is 0 Å². The van der Waals surface area contributed by atoms with Gasteiger partial charge in [-0.1, -0.05) is 18.2 Å². The van der Waals surface area contributed by atoms with Crippen molar-refractivity contribution in [2.75, 3.05) is 6.54 Å². The number of amides is 1. The largest absolute Gasteiger partial charge is 0.480 e. The van der Waals surface area contributed by atoms with Gasteiger partial charge in [-0.25, -0.2) is 4.79 Å². The zero-order chi connectivity index (χ0) is 18.7. The molecule has 1 aromatic heterocycles. The average molecular weight is 357 g/mol.